The number of likely N-dealkylation sites (tertiary alicyclic amines) is 1. The number of aryl methyl sites for hydroxylation is 1. The second kappa shape index (κ2) is 8.61. The molecule has 2 aromatic carbocycles. The number of halogens is 1. The Hall–Kier alpha value is -2.69. The zero-order valence-electron chi connectivity index (χ0n) is 14.7. The number of rotatable bonds is 5. The van der Waals surface area contributed by atoms with Crippen LogP contribution in [0.4, 0.5) is 10.1 Å². The molecule has 1 heterocycles. The number of nitrogens with zero attached hydrogens (tertiary/aromatic N) is 1. The Labute approximate surface area is 153 Å². The molecule has 1 fully saturated rings. The molecule has 136 valence electrons. The minimum atomic E-state index is -0.279. The zero-order chi connectivity index (χ0) is 18.4. The second-order valence-electron chi connectivity index (χ2n) is 6.63. The van der Waals surface area contributed by atoms with Gasteiger partial charge in [-0.1, -0.05) is 36.4 Å². The van der Waals surface area contributed by atoms with Gasteiger partial charge in [-0.3, -0.25) is 9.59 Å². The molecule has 0 bridgehead atoms. The largest absolute Gasteiger partial charge is 0.342 e. The molecule has 1 aliphatic rings. The molecular formula is C21H23FN2O2. The lowest BCUT2D eigenvalue weighted by atomic mass is 9.96. The highest BCUT2D eigenvalue weighted by Crippen LogP contribution is 2.20. The van der Waals surface area contributed by atoms with Gasteiger partial charge in [0.2, 0.25) is 11.8 Å². The number of benzene rings is 2. The van der Waals surface area contributed by atoms with Crippen molar-refractivity contribution in [2.75, 3.05) is 18.4 Å². The molecule has 0 spiro atoms. The van der Waals surface area contributed by atoms with Gasteiger partial charge in [0.05, 0.1) is 5.92 Å². The summed E-state index contributed by atoms with van der Waals surface area (Å²) >= 11 is 0. The van der Waals surface area contributed by atoms with Gasteiger partial charge in [0.15, 0.2) is 0 Å². The van der Waals surface area contributed by atoms with E-state index in [-0.39, 0.29) is 30.0 Å². The molecule has 1 saturated heterocycles. The number of carbonyl (C=O) groups excluding carboxylic acids is 2. The van der Waals surface area contributed by atoms with Gasteiger partial charge in [0, 0.05) is 25.2 Å². The summed E-state index contributed by atoms with van der Waals surface area (Å²) in [4.78, 5) is 26.7. The number of hydrogen-bond acceptors (Lipinski definition) is 2. The maximum absolute atomic E-state index is 13.7. The molecule has 0 radical (unpaired) electrons. The van der Waals surface area contributed by atoms with E-state index in [9.17, 15) is 14.0 Å². The summed E-state index contributed by atoms with van der Waals surface area (Å²) in [6.45, 7) is 1.08. The van der Waals surface area contributed by atoms with Crippen LogP contribution in [-0.4, -0.2) is 29.8 Å². The van der Waals surface area contributed by atoms with Crippen LogP contribution in [0.3, 0.4) is 0 Å². The predicted octanol–water partition coefficient (Wildman–Crippen LogP) is 3.64. The lowest BCUT2D eigenvalue weighted by molar-refractivity contribution is -0.134. The van der Waals surface area contributed by atoms with Crippen molar-refractivity contribution in [2.45, 2.75) is 25.7 Å². The van der Waals surface area contributed by atoms with Gasteiger partial charge >= 0.3 is 0 Å². The van der Waals surface area contributed by atoms with Gasteiger partial charge in [-0.2, -0.15) is 0 Å². The van der Waals surface area contributed by atoms with Gasteiger partial charge in [-0.15, -0.1) is 0 Å². The first-order valence-corrected chi connectivity index (χ1v) is 9.00. The van der Waals surface area contributed by atoms with E-state index < -0.39 is 0 Å². The van der Waals surface area contributed by atoms with Crippen molar-refractivity contribution in [3.05, 3.63) is 66.0 Å². The van der Waals surface area contributed by atoms with Crippen molar-refractivity contribution in [1.82, 2.24) is 4.90 Å². The molecule has 0 aromatic heterocycles. The maximum atomic E-state index is 13.7. The molecule has 5 heteroatoms. The van der Waals surface area contributed by atoms with Crippen LogP contribution in [-0.2, 0) is 16.0 Å². The lowest BCUT2D eigenvalue weighted by Crippen LogP contribution is -2.43. The highest BCUT2D eigenvalue weighted by molar-refractivity contribution is 5.93. The van der Waals surface area contributed by atoms with Crippen molar-refractivity contribution in [3.63, 3.8) is 0 Å². The second-order valence-corrected chi connectivity index (χ2v) is 6.63. The number of carbonyl (C=O) groups is 2. The molecule has 2 amide bonds. The average Bonchev–Trinajstić information content (AvgIpc) is 2.68. The van der Waals surface area contributed by atoms with E-state index in [0.717, 1.165) is 18.5 Å². The number of hydrogen-bond donors (Lipinski definition) is 1. The topological polar surface area (TPSA) is 49.4 Å². The Morgan fingerprint density at radius 3 is 2.58 bits per heavy atom. The van der Waals surface area contributed by atoms with E-state index in [1.807, 2.05) is 30.3 Å². The van der Waals surface area contributed by atoms with Crippen LogP contribution < -0.4 is 5.32 Å². The van der Waals surface area contributed by atoms with Gasteiger partial charge in [0.25, 0.3) is 0 Å². The Morgan fingerprint density at radius 2 is 1.81 bits per heavy atom. The first kappa shape index (κ1) is 18.1. The third-order valence-electron chi connectivity index (χ3n) is 4.75. The van der Waals surface area contributed by atoms with Crippen molar-refractivity contribution < 1.29 is 14.0 Å². The minimum absolute atomic E-state index is 0.0227. The van der Waals surface area contributed by atoms with Crippen molar-refractivity contribution in [3.8, 4) is 0 Å². The molecule has 0 aliphatic carbocycles. The highest BCUT2D eigenvalue weighted by atomic mass is 19.1. The standard InChI is InChI=1S/C21H23FN2O2/c22-19-11-5-4-7-16(19)12-13-20(25)24-14-6-8-17(15-24)21(26)23-18-9-2-1-3-10-18/h1-5,7,9-11,17H,6,8,12-15H2,(H,23,26). The molecule has 1 aliphatic heterocycles. The first-order chi connectivity index (χ1) is 12.6. The Balaban J connectivity index is 1.53. The summed E-state index contributed by atoms with van der Waals surface area (Å²) in [6.07, 6.45) is 2.21. The van der Waals surface area contributed by atoms with E-state index in [4.69, 9.17) is 0 Å². The minimum Gasteiger partial charge on any atom is -0.342 e. The number of amides is 2. The molecule has 1 N–H and O–H groups in total. The van der Waals surface area contributed by atoms with Gasteiger partial charge in [-0.25, -0.2) is 4.39 Å². The number of anilines is 1. The molecule has 4 nitrogen and oxygen atoms in total. The van der Waals surface area contributed by atoms with Crippen LogP contribution in [0, 0.1) is 11.7 Å². The molecule has 2 aromatic rings. The van der Waals surface area contributed by atoms with Crippen molar-refractivity contribution >= 4 is 17.5 Å². The third-order valence-corrected chi connectivity index (χ3v) is 4.75. The van der Waals surface area contributed by atoms with Crippen LogP contribution in [0.1, 0.15) is 24.8 Å². The Bertz CT molecular complexity index is 764. The summed E-state index contributed by atoms with van der Waals surface area (Å²) < 4.78 is 13.7. The summed E-state index contributed by atoms with van der Waals surface area (Å²) in [5.74, 6) is -0.561. The highest BCUT2D eigenvalue weighted by Gasteiger charge is 2.28. The van der Waals surface area contributed by atoms with Crippen LogP contribution >= 0.6 is 0 Å². The Kier molecular flexibility index (Phi) is 6.00. The maximum Gasteiger partial charge on any atom is 0.229 e. The molecular weight excluding hydrogens is 331 g/mol. The van der Waals surface area contributed by atoms with Crippen molar-refractivity contribution in [1.29, 1.82) is 0 Å². The van der Waals surface area contributed by atoms with Crippen LogP contribution in [0.2, 0.25) is 0 Å². The van der Waals surface area contributed by atoms with E-state index in [0.29, 0.717) is 25.1 Å². The quantitative estimate of drug-likeness (QED) is 0.891. The van der Waals surface area contributed by atoms with Gasteiger partial charge < -0.3 is 10.2 Å². The molecule has 26 heavy (non-hydrogen) atoms. The van der Waals surface area contributed by atoms with E-state index in [2.05, 4.69) is 5.32 Å². The summed E-state index contributed by atoms with van der Waals surface area (Å²) in [6, 6.07) is 15.8. The van der Waals surface area contributed by atoms with E-state index in [1.54, 1.807) is 23.1 Å². The molecule has 1 unspecified atom stereocenters. The normalized spacial score (nSPS) is 17.0. The third kappa shape index (κ3) is 4.69. The van der Waals surface area contributed by atoms with Crippen molar-refractivity contribution in [2.24, 2.45) is 5.92 Å². The van der Waals surface area contributed by atoms with E-state index in [1.165, 1.54) is 6.07 Å². The predicted molar refractivity (Wildman–Crippen MR) is 99.1 cm³/mol. The Morgan fingerprint density at radius 1 is 1.08 bits per heavy atom. The molecule has 1 atom stereocenters. The summed E-state index contributed by atoms with van der Waals surface area (Å²) in [7, 11) is 0. The van der Waals surface area contributed by atoms with E-state index >= 15 is 0 Å². The zero-order valence-corrected chi connectivity index (χ0v) is 14.7. The number of nitrogens with one attached hydrogen (secondary N) is 1. The smallest absolute Gasteiger partial charge is 0.229 e. The van der Waals surface area contributed by atoms with Crippen LogP contribution in [0.25, 0.3) is 0 Å². The summed E-state index contributed by atoms with van der Waals surface area (Å²) in [5, 5.41) is 2.91. The summed E-state index contributed by atoms with van der Waals surface area (Å²) in [5.41, 5.74) is 1.32. The lowest BCUT2D eigenvalue weighted by Gasteiger charge is -2.32. The SMILES string of the molecule is O=C(Nc1ccccc1)C1CCCN(C(=O)CCc2ccccc2F)C1. The first-order valence-electron chi connectivity index (χ1n) is 9.00. The average molecular weight is 354 g/mol. The monoisotopic (exact) mass is 354 g/mol. The fourth-order valence-corrected chi connectivity index (χ4v) is 3.28. The number of para-hydroxylation sites is 1. The molecule has 3 rings (SSSR count). The fraction of sp³-hybridized carbons (Fsp3) is 0.333. The number of piperidine rings is 1. The van der Waals surface area contributed by atoms with Gasteiger partial charge in [-0.05, 0) is 43.0 Å². The molecule has 0 saturated carbocycles. The van der Waals surface area contributed by atoms with Crippen LogP contribution in [0.5, 0.6) is 0 Å². The fourth-order valence-electron chi connectivity index (χ4n) is 3.28. The van der Waals surface area contributed by atoms with Gasteiger partial charge in [0.1, 0.15) is 5.82 Å². The van der Waals surface area contributed by atoms with Crippen LogP contribution in [0.15, 0.2) is 54.6 Å².